The first kappa shape index (κ1) is 27.3. The molecule has 2 N–H and O–H groups in total. The first-order valence-electron chi connectivity index (χ1n) is 6.90. The van der Waals surface area contributed by atoms with Gasteiger partial charge in [0.2, 0.25) is 0 Å². The number of rotatable bonds is 4. The van der Waals surface area contributed by atoms with Crippen molar-refractivity contribution < 1.29 is 46.6 Å². The summed E-state index contributed by atoms with van der Waals surface area (Å²) in [6.07, 6.45) is 0. The molecule has 0 aromatic heterocycles. The Morgan fingerprint density at radius 3 is 2.32 bits per heavy atom. The predicted molar refractivity (Wildman–Crippen MR) is 101 cm³/mol. The maximum Gasteiger partial charge on any atom is 0.152 e. The molecule has 2 aromatic carbocycles. The van der Waals surface area contributed by atoms with Gasteiger partial charge in [-0.15, -0.1) is 0 Å². The Morgan fingerprint density at radius 1 is 1.16 bits per heavy atom. The molecule has 8 heteroatoms. The Kier molecular flexibility index (Phi) is 14.5. The molecule has 2 rings (SSSR count). The van der Waals surface area contributed by atoms with Crippen LogP contribution in [-0.2, 0) is 39.3 Å². The van der Waals surface area contributed by atoms with E-state index in [9.17, 15) is 13.9 Å². The van der Waals surface area contributed by atoms with E-state index in [0.29, 0.717) is 20.5 Å². The van der Waals surface area contributed by atoms with Gasteiger partial charge < -0.3 is 17.3 Å². The van der Waals surface area contributed by atoms with Gasteiger partial charge in [-0.2, -0.15) is 0 Å². The first-order chi connectivity index (χ1) is 10.9. The van der Waals surface area contributed by atoms with Crippen LogP contribution >= 0.6 is 35.1 Å². The summed E-state index contributed by atoms with van der Waals surface area (Å²) in [4.78, 5) is 0.537. The van der Waals surface area contributed by atoms with Crippen molar-refractivity contribution in [1.29, 1.82) is 0 Å². The van der Waals surface area contributed by atoms with E-state index in [1.165, 1.54) is 19.1 Å². The molecule has 0 bridgehead atoms. The first-order valence-corrected chi connectivity index (χ1v) is 8.47. The van der Waals surface area contributed by atoms with Crippen molar-refractivity contribution in [3.05, 3.63) is 64.5 Å². The molecule has 0 atom stereocenters. The van der Waals surface area contributed by atoms with Gasteiger partial charge >= 0.3 is 0 Å². The Hall–Kier alpha value is 0.0939. The Labute approximate surface area is 187 Å². The normalized spacial score (nSPS) is 9.28. The predicted octanol–water partition coefficient (Wildman–Crippen LogP) is 6.67. The van der Waals surface area contributed by atoms with Crippen LogP contribution in [0, 0.1) is 26.0 Å². The minimum absolute atomic E-state index is 0. The van der Waals surface area contributed by atoms with Gasteiger partial charge in [-0.25, -0.2) is 8.78 Å². The maximum atomic E-state index is 13.9. The van der Waals surface area contributed by atoms with Crippen molar-refractivity contribution in [2.45, 2.75) is 32.3 Å². The molecule has 0 fully saturated rings. The Morgan fingerprint density at radius 2 is 1.76 bits per heavy atom. The van der Waals surface area contributed by atoms with Gasteiger partial charge in [0.1, 0.15) is 5.82 Å². The SMILES string of the molecule is CC.Cc1c(F)ccc(NSc2cc(Cl)cc(CO)c2Cl)c1F.[CH3-].[Y]. The van der Waals surface area contributed by atoms with Gasteiger partial charge in [0.15, 0.2) is 5.82 Å². The van der Waals surface area contributed by atoms with Crippen LogP contribution in [0.1, 0.15) is 25.0 Å². The summed E-state index contributed by atoms with van der Waals surface area (Å²) < 4.78 is 29.8. The molecule has 0 spiro atoms. The summed E-state index contributed by atoms with van der Waals surface area (Å²) in [5.41, 5.74) is 0.554. The molecule has 137 valence electrons. The monoisotopic (exact) mass is 483 g/mol. The van der Waals surface area contributed by atoms with Gasteiger partial charge in [0.25, 0.3) is 0 Å². The summed E-state index contributed by atoms with van der Waals surface area (Å²) in [7, 11) is 0. The number of halogens is 4. The maximum absolute atomic E-state index is 13.9. The number of hydrogen-bond donors (Lipinski definition) is 2. The number of nitrogens with one attached hydrogen (secondary N) is 1. The average molecular weight is 484 g/mol. The van der Waals surface area contributed by atoms with Gasteiger partial charge in [-0.05, 0) is 48.7 Å². The zero-order valence-corrected chi connectivity index (χ0v) is 19.6. The van der Waals surface area contributed by atoms with E-state index in [2.05, 4.69) is 4.72 Å². The average Bonchev–Trinajstić information content (AvgIpc) is 2.56. The van der Waals surface area contributed by atoms with Crippen LogP contribution in [-0.4, -0.2) is 5.11 Å². The zero-order chi connectivity index (χ0) is 17.6. The molecule has 25 heavy (non-hydrogen) atoms. The minimum atomic E-state index is -0.664. The van der Waals surface area contributed by atoms with Crippen LogP contribution in [0.3, 0.4) is 0 Å². The molecule has 1 radical (unpaired) electrons. The second-order valence-electron chi connectivity index (χ2n) is 4.27. The summed E-state index contributed by atoms with van der Waals surface area (Å²) in [5, 5.41) is 9.93. The van der Waals surface area contributed by atoms with E-state index in [4.69, 9.17) is 23.2 Å². The minimum Gasteiger partial charge on any atom is -0.392 e. The largest absolute Gasteiger partial charge is 0.392 e. The topological polar surface area (TPSA) is 32.3 Å². The molecule has 0 amide bonds. The van der Waals surface area contributed by atoms with Gasteiger partial charge in [0.05, 0.1) is 17.3 Å². The molecule has 0 aliphatic heterocycles. The van der Waals surface area contributed by atoms with Crippen LogP contribution in [0.15, 0.2) is 29.2 Å². The standard InChI is InChI=1S/C14H11Cl2F2NOS.C2H6.CH3.Y/c1-7-10(17)2-3-11(14(7)18)19-21-12-5-9(15)4-8(6-20)13(12)16;1-2;;/h2-5,19-20H,6H2,1H3;1-2H3;1H3;/q;;-1;. The summed E-state index contributed by atoms with van der Waals surface area (Å²) in [6, 6.07) is 5.63. The molecule has 0 saturated heterocycles. The molecule has 0 aliphatic carbocycles. The molecule has 2 aromatic rings. The van der Waals surface area contributed by atoms with Crippen molar-refractivity contribution in [2.24, 2.45) is 0 Å². The van der Waals surface area contributed by atoms with Crippen LogP contribution in [0.25, 0.3) is 0 Å². The van der Waals surface area contributed by atoms with E-state index >= 15 is 0 Å². The number of aliphatic hydroxyl groups is 1. The third-order valence-electron chi connectivity index (χ3n) is 2.84. The second kappa shape index (κ2) is 13.3. The zero-order valence-electron chi connectivity index (χ0n) is 14.5. The van der Waals surface area contributed by atoms with E-state index in [1.807, 2.05) is 13.8 Å². The molecule has 0 saturated carbocycles. The van der Waals surface area contributed by atoms with Crippen molar-refractivity contribution in [3.8, 4) is 0 Å². The number of hydrogen-bond acceptors (Lipinski definition) is 3. The fourth-order valence-corrected chi connectivity index (χ4v) is 3.03. The summed E-state index contributed by atoms with van der Waals surface area (Å²) in [5.74, 6) is -1.27. The third kappa shape index (κ3) is 7.32. The van der Waals surface area contributed by atoms with Crippen LogP contribution in [0.2, 0.25) is 10.0 Å². The van der Waals surface area contributed by atoms with Crippen molar-refractivity contribution in [3.63, 3.8) is 0 Å². The van der Waals surface area contributed by atoms with Gasteiger partial charge in [0, 0.05) is 48.2 Å². The van der Waals surface area contributed by atoms with Crippen LogP contribution < -0.4 is 4.72 Å². The van der Waals surface area contributed by atoms with Crippen LogP contribution in [0.4, 0.5) is 14.5 Å². The van der Waals surface area contributed by atoms with Crippen LogP contribution in [0.5, 0.6) is 0 Å². The second-order valence-corrected chi connectivity index (χ2v) is 5.94. The summed E-state index contributed by atoms with van der Waals surface area (Å²) in [6.45, 7) is 5.10. The number of anilines is 1. The number of benzene rings is 2. The molecule has 0 heterocycles. The molecule has 0 aliphatic rings. The fraction of sp³-hybridized carbons (Fsp3) is 0.235. The van der Waals surface area contributed by atoms with E-state index in [0.717, 1.165) is 11.9 Å². The van der Waals surface area contributed by atoms with E-state index < -0.39 is 11.6 Å². The van der Waals surface area contributed by atoms with Crippen molar-refractivity contribution in [2.75, 3.05) is 4.72 Å². The molecular formula is C17H20Cl2F2NOSY-. The van der Waals surface area contributed by atoms with Crippen molar-refractivity contribution >= 4 is 40.8 Å². The molecule has 2 nitrogen and oxygen atoms in total. The van der Waals surface area contributed by atoms with Gasteiger partial charge in [-0.1, -0.05) is 37.0 Å². The molecule has 0 unspecified atom stereocenters. The molecular weight excluding hydrogens is 464 g/mol. The fourth-order valence-electron chi connectivity index (χ4n) is 1.66. The van der Waals surface area contributed by atoms with E-state index in [-0.39, 0.29) is 58.0 Å². The van der Waals surface area contributed by atoms with E-state index in [1.54, 1.807) is 12.1 Å². The Bertz CT molecular complexity index is 690. The quantitative estimate of drug-likeness (QED) is 0.376. The third-order valence-corrected chi connectivity index (χ3v) is 4.48. The van der Waals surface area contributed by atoms with Gasteiger partial charge in [-0.3, -0.25) is 0 Å². The summed E-state index contributed by atoms with van der Waals surface area (Å²) >= 11 is 13.1. The van der Waals surface area contributed by atoms with Crippen molar-refractivity contribution in [1.82, 2.24) is 0 Å². The number of aliphatic hydroxyl groups excluding tert-OH is 1. The Balaban J connectivity index is 0. The smallest absolute Gasteiger partial charge is 0.152 e.